The lowest BCUT2D eigenvalue weighted by Gasteiger charge is -2.11. The molecule has 3 aromatic rings. The Morgan fingerprint density at radius 2 is 1.48 bits per heavy atom. The molecule has 29 heavy (non-hydrogen) atoms. The van der Waals surface area contributed by atoms with Crippen molar-refractivity contribution in [1.82, 2.24) is 0 Å². The summed E-state index contributed by atoms with van der Waals surface area (Å²) in [6.07, 6.45) is 0. The smallest absolute Gasteiger partial charge is 0.261 e. The number of hydrogen-bond donors (Lipinski definition) is 2. The van der Waals surface area contributed by atoms with E-state index in [0.29, 0.717) is 28.4 Å². The molecule has 2 N–H and O–H groups in total. The molecule has 0 radical (unpaired) electrons. The highest BCUT2D eigenvalue weighted by Gasteiger charge is 2.15. The second kappa shape index (κ2) is 8.66. The van der Waals surface area contributed by atoms with Crippen molar-refractivity contribution in [1.29, 1.82) is 0 Å². The van der Waals surface area contributed by atoms with E-state index >= 15 is 0 Å². The van der Waals surface area contributed by atoms with E-state index in [-0.39, 0.29) is 10.8 Å². The Labute approximate surface area is 169 Å². The molecule has 7 nitrogen and oxygen atoms in total. The number of amides is 1. The van der Waals surface area contributed by atoms with E-state index in [1.54, 1.807) is 36.4 Å². The average molecular weight is 412 g/mol. The zero-order chi connectivity index (χ0) is 20.9. The Hall–Kier alpha value is -3.52. The van der Waals surface area contributed by atoms with Gasteiger partial charge in [0.25, 0.3) is 15.9 Å². The fourth-order valence-electron chi connectivity index (χ4n) is 2.60. The summed E-state index contributed by atoms with van der Waals surface area (Å²) in [4.78, 5) is 12.6. The van der Waals surface area contributed by atoms with Gasteiger partial charge in [0.15, 0.2) is 0 Å². The molecular formula is C21H20N2O5S. The number of para-hydroxylation sites is 2. The van der Waals surface area contributed by atoms with Crippen LogP contribution in [-0.2, 0) is 10.0 Å². The summed E-state index contributed by atoms with van der Waals surface area (Å²) < 4.78 is 37.7. The summed E-state index contributed by atoms with van der Waals surface area (Å²) in [5.74, 6) is 0.776. The van der Waals surface area contributed by atoms with Crippen molar-refractivity contribution in [2.24, 2.45) is 0 Å². The number of sulfonamides is 1. The minimum absolute atomic E-state index is 0.108. The second-order valence-corrected chi connectivity index (χ2v) is 7.70. The van der Waals surface area contributed by atoms with Crippen LogP contribution in [-0.4, -0.2) is 28.5 Å². The van der Waals surface area contributed by atoms with Gasteiger partial charge in [0, 0.05) is 11.3 Å². The lowest BCUT2D eigenvalue weighted by atomic mass is 10.2. The molecule has 0 bridgehead atoms. The maximum Gasteiger partial charge on any atom is 0.261 e. The molecule has 0 aliphatic carbocycles. The molecule has 0 spiro atoms. The molecule has 0 fully saturated rings. The predicted octanol–water partition coefficient (Wildman–Crippen LogP) is 3.76. The number of benzene rings is 3. The molecule has 150 valence electrons. The van der Waals surface area contributed by atoms with Gasteiger partial charge in [0.05, 0.1) is 24.8 Å². The fourth-order valence-corrected chi connectivity index (χ4v) is 3.66. The number of ether oxygens (including phenoxy) is 2. The molecule has 3 aromatic carbocycles. The number of methoxy groups -OCH3 is 2. The van der Waals surface area contributed by atoms with E-state index in [1.807, 2.05) is 0 Å². The Bertz CT molecular complexity index is 1090. The molecule has 0 unspecified atom stereocenters. The van der Waals surface area contributed by atoms with Crippen LogP contribution < -0.4 is 19.5 Å². The van der Waals surface area contributed by atoms with E-state index in [1.165, 1.54) is 50.6 Å². The van der Waals surface area contributed by atoms with Gasteiger partial charge in [0.2, 0.25) is 0 Å². The quantitative estimate of drug-likeness (QED) is 0.616. The van der Waals surface area contributed by atoms with Crippen molar-refractivity contribution in [3.05, 3.63) is 78.4 Å². The molecule has 0 aliphatic heterocycles. The van der Waals surface area contributed by atoms with Crippen LogP contribution in [0.15, 0.2) is 77.7 Å². The third-order valence-electron chi connectivity index (χ3n) is 4.12. The fraction of sp³-hybridized carbons (Fsp3) is 0.0952. The van der Waals surface area contributed by atoms with Crippen LogP contribution in [0.2, 0.25) is 0 Å². The average Bonchev–Trinajstić information content (AvgIpc) is 2.74. The van der Waals surface area contributed by atoms with Gasteiger partial charge in [-0.1, -0.05) is 12.1 Å². The Kier molecular flexibility index (Phi) is 6.04. The lowest BCUT2D eigenvalue weighted by Crippen LogP contribution is -2.14. The maximum atomic E-state index is 12.5. The molecule has 3 rings (SSSR count). The lowest BCUT2D eigenvalue weighted by molar-refractivity contribution is 0.102. The van der Waals surface area contributed by atoms with Crippen molar-refractivity contribution in [2.45, 2.75) is 4.90 Å². The van der Waals surface area contributed by atoms with Gasteiger partial charge in [-0.3, -0.25) is 9.52 Å². The molecule has 0 aliphatic rings. The first-order chi connectivity index (χ1) is 13.9. The molecule has 0 aromatic heterocycles. The monoisotopic (exact) mass is 412 g/mol. The number of carbonyl (C=O) groups is 1. The van der Waals surface area contributed by atoms with Gasteiger partial charge in [-0.25, -0.2) is 8.42 Å². The summed E-state index contributed by atoms with van der Waals surface area (Å²) in [5, 5.41) is 2.77. The van der Waals surface area contributed by atoms with Crippen molar-refractivity contribution in [2.75, 3.05) is 24.3 Å². The minimum Gasteiger partial charge on any atom is -0.497 e. The van der Waals surface area contributed by atoms with Crippen molar-refractivity contribution < 1.29 is 22.7 Å². The van der Waals surface area contributed by atoms with E-state index in [0.717, 1.165) is 0 Å². The Balaban J connectivity index is 1.71. The highest BCUT2D eigenvalue weighted by atomic mass is 32.2. The Morgan fingerprint density at radius 3 is 2.10 bits per heavy atom. The molecule has 0 atom stereocenters. The van der Waals surface area contributed by atoms with E-state index in [9.17, 15) is 13.2 Å². The topological polar surface area (TPSA) is 93.7 Å². The molecule has 0 saturated carbocycles. The number of anilines is 2. The van der Waals surface area contributed by atoms with Crippen LogP contribution >= 0.6 is 0 Å². The van der Waals surface area contributed by atoms with Gasteiger partial charge in [-0.2, -0.15) is 0 Å². The predicted molar refractivity (Wildman–Crippen MR) is 111 cm³/mol. The third kappa shape index (κ3) is 4.85. The van der Waals surface area contributed by atoms with Gasteiger partial charge in [-0.15, -0.1) is 0 Å². The van der Waals surface area contributed by atoms with Gasteiger partial charge in [0.1, 0.15) is 11.5 Å². The zero-order valence-corrected chi connectivity index (χ0v) is 16.7. The summed E-state index contributed by atoms with van der Waals surface area (Å²) >= 11 is 0. The van der Waals surface area contributed by atoms with Gasteiger partial charge < -0.3 is 14.8 Å². The van der Waals surface area contributed by atoms with Gasteiger partial charge >= 0.3 is 0 Å². The van der Waals surface area contributed by atoms with E-state index in [4.69, 9.17) is 9.47 Å². The van der Waals surface area contributed by atoms with Crippen LogP contribution in [0.1, 0.15) is 10.4 Å². The number of nitrogens with one attached hydrogen (secondary N) is 2. The minimum atomic E-state index is -3.75. The number of hydrogen-bond acceptors (Lipinski definition) is 5. The van der Waals surface area contributed by atoms with Gasteiger partial charge in [-0.05, 0) is 60.7 Å². The van der Waals surface area contributed by atoms with Crippen molar-refractivity contribution in [3.8, 4) is 11.5 Å². The summed E-state index contributed by atoms with van der Waals surface area (Å²) in [6, 6.07) is 19.2. The Morgan fingerprint density at radius 1 is 0.828 bits per heavy atom. The molecule has 8 heteroatoms. The molecule has 0 saturated heterocycles. The second-order valence-electron chi connectivity index (χ2n) is 6.01. The standard InChI is InChI=1S/C21H20N2O5S/c1-27-17-11-13-18(14-12-17)29(25,26)23-16-9-7-15(8-10-16)21(24)22-19-5-3-4-6-20(19)28-2/h3-14,23H,1-2H3,(H,22,24). The van der Waals surface area contributed by atoms with Crippen LogP contribution in [0.3, 0.4) is 0 Å². The molecule has 1 amide bonds. The number of carbonyl (C=O) groups excluding carboxylic acids is 1. The summed E-state index contributed by atoms with van der Waals surface area (Å²) in [6.45, 7) is 0. The van der Waals surface area contributed by atoms with Crippen molar-refractivity contribution in [3.63, 3.8) is 0 Å². The van der Waals surface area contributed by atoms with Crippen LogP contribution in [0, 0.1) is 0 Å². The van der Waals surface area contributed by atoms with E-state index in [2.05, 4.69) is 10.0 Å². The van der Waals surface area contributed by atoms with E-state index < -0.39 is 10.0 Å². The number of rotatable bonds is 7. The van der Waals surface area contributed by atoms with Crippen LogP contribution in [0.4, 0.5) is 11.4 Å². The van der Waals surface area contributed by atoms with Crippen LogP contribution in [0.25, 0.3) is 0 Å². The maximum absolute atomic E-state index is 12.5. The van der Waals surface area contributed by atoms with Crippen molar-refractivity contribution >= 4 is 27.3 Å². The first-order valence-electron chi connectivity index (χ1n) is 8.64. The molecule has 0 heterocycles. The first-order valence-corrected chi connectivity index (χ1v) is 10.1. The summed E-state index contributed by atoms with van der Waals surface area (Å²) in [5.41, 5.74) is 1.27. The zero-order valence-electron chi connectivity index (χ0n) is 15.9. The largest absolute Gasteiger partial charge is 0.497 e. The normalized spacial score (nSPS) is 10.8. The summed E-state index contributed by atoms with van der Waals surface area (Å²) in [7, 11) is -0.722. The SMILES string of the molecule is COc1ccc(S(=O)(=O)Nc2ccc(C(=O)Nc3ccccc3OC)cc2)cc1. The molecular weight excluding hydrogens is 392 g/mol. The highest BCUT2D eigenvalue weighted by Crippen LogP contribution is 2.24. The first kappa shape index (κ1) is 20.2. The van der Waals surface area contributed by atoms with Crippen LogP contribution in [0.5, 0.6) is 11.5 Å². The third-order valence-corrected chi connectivity index (χ3v) is 5.52. The highest BCUT2D eigenvalue weighted by molar-refractivity contribution is 7.92.